The van der Waals surface area contributed by atoms with E-state index in [1.807, 2.05) is 19.1 Å². The summed E-state index contributed by atoms with van der Waals surface area (Å²) in [4.78, 5) is 18.2. The molecule has 0 fully saturated rings. The van der Waals surface area contributed by atoms with E-state index in [2.05, 4.69) is 9.97 Å². The van der Waals surface area contributed by atoms with Crippen molar-refractivity contribution in [3.63, 3.8) is 0 Å². The molecule has 2 N–H and O–H groups in total. The van der Waals surface area contributed by atoms with E-state index >= 15 is 0 Å². The first-order valence-corrected chi connectivity index (χ1v) is 4.94. The summed E-state index contributed by atoms with van der Waals surface area (Å²) < 4.78 is 0. The van der Waals surface area contributed by atoms with Gasteiger partial charge in [-0.05, 0) is 6.92 Å². The molecule has 1 aromatic heterocycles. The van der Waals surface area contributed by atoms with Crippen LogP contribution in [-0.2, 0) is 0 Å². The monoisotopic (exact) mass is 230 g/mol. The molecule has 0 radical (unpaired) electrons. The number of carboxylic acids is 1. The van der Waals surface area contributed by atoms with Crippen LogP contribution in [0.2, 0.25) is 0 Å². The highest BCUT2D eigenvalue weighted by molar-refractivity contribution is 5.91. The van der Waals surface area contributed by atoms with E-state index in [0.717, 1.165) is 11.9 Å². The summed E-state index contributed by atoms with van der Waals surface area (Å²) in [5.74, 6) is -1.69. The minimum absolute atomic E-state index is 0.220. The summed E-state index contributed by atoms with van der Waals surface area (Å²) in [5, 5.41) is 18.6. The topological polar surface area (TPSA) is 83.3 Å². The molecule has 0 aliphatic rings. The third-order valence-corrected chi connectivity index (χ3v) is 2.35. The van der Waals surface area contributed by atoms with Gasteiger partial charge in [-0.3, -0.25) is 0 Å². The maximum atomic E-state index is 10.8. The van der Waals surface area contributed by atoms with Gasteiger partial charge in [-0.1, -0.05) is 29.8 Å². The van der Waals surface area contributed by atoms with Crippen molar-refractivity contribution in [2.24, 2.45) is 0 Å². The number of aromatic hydroxyl groups is 1. The lowest BCUT2D eigenvalue weighted by molar-refractivity contribution is 0.0687. The van der Waals surface area contributed by atoms with Crippen molar-refractivity contribution in [3.8, 4) is 17.0 Å². The largest absolute Gasteiger partial charge is 0.504 e. The molecule has 86 valence electrons. The quantitative estimate of drug-likeness (QED) is 0.822. The van der Waals surface area contributed by atoms with Gasteiger partial charge in [0, 0.05) is 5.56 Å². The van der Waals surface area contributed by atoms with Gasteiger partial charge in [-0.2, -0.15) is 0 Å². The number of hydrogen-bond acceptors (Lipinski definition) is 4. The van der Waals surface area contributed by atoms with Crippen LogP contribution in [0.15, 0.2) is 30.6 Å². The Balaban J connectivity index is 2.56. The fourth-order valence-corrected chi connectivity index (χ4v) is 1.46. The predicted octanol–water partition coefficient (Wildman–Crippen LogP) is 1.86. The average Bonchev–Trinajstić information content (AvgIpc) is 2.30. The zero-order chi connectivity index (χ0) is 12.4. The molecule has 0 saturated carbocycles. The zero-order valence-corrected chi connectivity index (χ0v) is 9.08. The van der Waals surface area contributed by atoms with Gasteiger partial charge in [0.15, 0.2) is 11.4 Å². The average molecular weight is 230 g/mol. The summed E-state index contributed by atoms with van der Waals surface area (Å²) in [6.07, 6.45) is 1.12. The number of carboxylic acid groups (broad SMARTS) is 1. The van der Waals surface area contributed by atoms with Crippen LogP contribution in [0, 0.1) is 6.92 Å². The smallest absolute Gasteiger partial charge is 0.358 e. The highest BCUT2D eigenvalue weighted by Crippen LogP contribution is 2.28. The fourth-order valence-electron chi connectivity index (χ4n) is 1.46. The van der Waals surface area contributed by atoms with Crippen molar-refractivity contribution >= 4 is 5.97 Å². The molecule has 0 spiro atoms. The number of aromatic carboxylic acids is 1. The lowest BCUT2D eigenvalue weighted by Crippen LogP contribution is -2.02. The van der Waals surface area contributed by atoms with Crippen LogP contribution < -0.4 is 0 Å². The van der Waals surface area contributed by atoms with Gasteiger partial charge in [0.25, 0.3) is 0 Å². The number of aryl methyl sites for hydroxylation is 1. The normalized spacial score (nSPS) is 10.2. The molecule has 0 amide bonds. The fraction of sp³-hybridized carbons (Fsp3) is 0.0833. The highest BCUT2D eigenvalue weighted by Gasteiger charge is 2.16. The first-order chi connectivity index (χ1) is 8.09. The Bertz CT molecular complexity index is 564. The minimum atomic E-state index is -1.28. The Morgan fingerprint density at radius 3 is 2.41 bits per heavy atom. The molecule has 0 saturated heterocycles. The molecule has 5 heteroatoms. The van der Waals surface area contributed by atoms with E-state index in [1.165, 1.54) is 0 Å². The molecule has 0 atom stereocenters. The molecule has 17 heavy (non-hydrogen) atoms. The molecule has 0 bridgehead atoms. The van der Waals surface area contributed by atoms with E-state index in [4.69, 9.17) is 5.11 Å². The third-order valence-electron chi connectivity index (χ3n) is 2.35. The number of aromatic nitrogens is 2. The third kappa shape index (κ3) is 2.08. The summed E-state index contributed by atoms with van der Waals surface area (Å²) >= 11 is 0. The molecule has 0 aliphatic heterocycles. The molecule has 5 nitrogen and oxygen atoms in total. The number of benzene rings is 1. The van der Waals surface area contributed by atoms with Crippen LogP contribution in [0.3, 0.4) is 0 Å². The van der Waals surface area contributed by atoms with E-state index in [9.17, 15) is 9.90 Å². The van der Waals surface area contributed by atoms with Crippen LogP contribution in [-0.4, -0.2) is 26.2 Å². The van der Waals surface area contributed by atoms with Gasteiger partial charge >= 0.3 is 5.97 Å². The molecular formula is C12H10N2O3. The molecule has 1 heterocycles. The Morgan fingerprint density at radius 2 is 1.82 bits per heavy atom. The van der Waals surface area contributed by atoms with Crippen molar-refractivity contribution < 1.29 is 15.0 Å². The maximum Gasteiger partial charge on any atom is 0.358 e. The Kier molecular flexibility index (Phi) is 2.74. The molecular weight excluding hydrogens is 220 g/mol. The van der Waals surface area contributed by atoms with Crippen molar-refractivity contribution in [3.05, 3.63) is 41.9 Å². The number of nitrogens with zero attached hydrogens (tertiary/aromatic N) is 2. The van der Waals surface area contributed by atoms with E-state index in [-0.39, 0.29) is 5.69 Å². The van der Waals surface area contributed by atoms with Gasteiger partial charge in [-0.25, -0.2) is 14.8 Å². The number of hydrogen-bond donors (Lipinski definition) is 2. The van der Waals surface area contributed by atoms with Crippen LogP contribution in [0.25, 0.3) is 11.3 Å². The molecule has 1 aromatic carbocycles. The number of carbonyl (C=O) groups is 1. The second-order valence-corrected chi connectivity index (χ2v) is 3.59. The SMILES string of the molecule is Cc1ccc(-c2ncnc(C(=O)O)c2O)cc1. The summed E-state index contributed by atoms with van der Waals surface area (Å²) in [5.41, 5.74) is 1.55. The standard InChI is InChI=1S/C12H10N2O3/c1-7-2-4-8(5-3-7)9-11(15)10(12(16)17)14-6-13-9/h2-6,15H,1H3,(H,16,17). The molecule has 0 unspecified atom stereocenters. The van der Waals surface area contributed by atoms with Crippen LogP contribution in [0.1, 0.15) is 16.1 Å². The minimum Gasteiger partial charge on any atom is -0.504 e. The lowest BCUT2D eigenvalue weighted by Gasteiger charge is -2.05. The first-order valence-electron chi connectivity index (χ1n) is 4.94. The molecule has 2 aromatic rings. The Morgan fingerprint density at radius 1 is 1.18 bits per heavy atom. The van der Waals surface area contributed by atoms with Crippen molar-refractivity contribution in [1.29, 1.82) is 0 Å². The number of rotatable bonds is 2. The van der Waals surface area contributed by atoms with Crippen LogP contribution >= 0.6 is 0 Å². The lowest BCUT2D eigenvalue weighted by atomic mass is 10.1. The van der Waals surface area contributed by atoms with Crippen LogP contribution in [0.4, 0.5) is 0 Å². The summed E-state index contributed by atoms with van der Waals surface area (Å²) in [7, 11) is 0. The molecule has 2 rings (SSSR count). The van der Waals surface area contributed by atoms with Crippen molar-refractivity contribution in [2.75, 3.05) is 0 Å². The van der Waals surface area contributed by atoms with Crippen molar-refractivity contribution in [2.45, 2.75) is 6.92 Å². The maximum absolute atomic E-state index is 10.8. The second-order valence-electron chi connectivity index (χ2n) is 3.59. The van der Waals surface area contributed by atoms with Gasteiger partial charge in [0.05, 0.1) is 0 Å². The van der Waals surface area contributed by atoms with Gasteiger partial charge in [0.2, 0.25) is 0 Å². The van der Waals surface area contributed by atoms with E-state index in [0.29, 0.717) is 5.56 Å². The first kappa shape index (κ1) is 11.1. The summed E-state index contributed by atoms with van der Waals surface area (Å²) in [6, 6.07) is 7.25. The van der Waals surface area contributed by atoms with E-state index < -0.39 is 17.4 Å². The predicted molar refractivity (Wildman–Crippen MR) is 60.8 cm³/mol. The van der Waals surface area contributed by atoms with Crippen LogP contribution in [0.5, 0.6) is 5.75 Å². The van der Waals surface area contributed by atoms with Gasteiger partial charge in [0.1, 0.15) is 12.0 Å². The summed E-state index contributed by atoms with van der Waals surface area (Å²) in [6.45, 7) is 1.94. The second kappa shape index (κ2) is 4.21. The van der Waals surface area contributed by atoms with E-state index in [1.54, 1.807) is 12.1 Å². The zero-order valence-electron chi connectivity index (χ0n) is 9.08. The Labute approximate surface area is 97.4 Å². The van der Waals surface area contributed by atoms with Gasteiger partial charge < -0.3 is 10.2 Å². The highest BCUT2D eigenvalue weighted by atomic mass is 16.4. The molecule has 0 aliphatic carbocycles. The van der Waals surface area contributed by atoms with Gasteiger partial charge in [-0.15, -0.1) is 0 Å². The Hall–Kier alpha value is -2.43. The van der Waals surface area contributed by atoms with Crippen molar-refractivity contribution in [1.82, 2.24) is 9.97 Å².